The van der Waals surface area contributed by atoms with Crippen LogP contribution in [0.5, 0.6) is 0 Å². The molecule has 0 aliphatic rings. The molecule has 84 valence electrons. The molecule has 0 atom stereocenters. The first-order valence-corrected chi connectivity index (χ1v) is 6.74. The van der Waals surface area contributed by atoms with Crippen molar-refractivity contribution in [3.8, 4) is 0 Å². The summed E-state index contributed by atoms with van der Waals surface area (Å²) in [4.78, 5) is 8.66. The molecule has 0 saturated carbocycles. The van der Waals surface area contributed by atoms with E-state index in [-0.39, 0.29) is 0 Å². The first-order chi connectivity index (χ1) is 7.75. The highest BCUT2D eigenvalue weighted by atomic mass is 32.2. The van der Waals surface area contributed by atoms with Crippen molar-refractivity contribution in [1.29, 1.82) is 0 Å². The minimum Gasteiger partial charge on any atom is -0.366 e. The van der Waals surface area contributed by atoms with Crippen molar-refractivity contribution in [1.82, 2.24) is 9.97 Å². The van der Waals surface area contributed by atoms with Gasteiger partial charge in [0.15, 0.2) is 5.82 Å². The number of anilines is 1. The predicted octanol–water partition coefficient (Wildman–Crippen LogP) is 3.51. The van der Waals surface area contributed by atoms with Crippen molar-refractivity contribution in [3.63, 3.8) is 0 Å². The Morgan fingerprint density at radius 3 is 2.81 bits per heavy atom. The summed E-state index contributed by atoms with van der Waals surface area (Å²) in [5.74, 6) is 0.857. The molecule has 2 heterocycles. The Labute approximate surface area is 103 Å². The quantitative estimate of drug-likeness (QED) is 0.902. The summed E-state index contributed by atoms with van der Waals surface area (Å²) in [6.07, 6.45) is 3.44. The van der Waals surface area contributed by atoms with E-state index in [1.165, 1.54) is 4.21 Å². The van der Waals surface area contributed by atoms with Crippen molar-refractivity contribution in [3.05, 3.63) is 29.9 Å². The van der Waals surface area contributed by atoms with Gasteiger partial charge in [-0.15, -0.1) is 11.3 Å². The van der Waals surface area contributed by atoms with Gasteiger partial charge in [-0.05, 0) is 25.3 Å². The lowest BCUT2D eigenvalue weighted by atomic mass is 10.4. The van der Waals surface area contributed by atoms with Crippen molar-refractivity contribution < 1.29 is 0 Å². The molecule has 0 aliphatic carbocycles. The van der Waals surface area contributed by atoms with Gasteiger partial charge in [-0.2, -0.15) is 0 Å². The maximum Gasteiger partial charge on any atom is 0.159 e. The SMILES string of the molecule is CC(C)Nc1nccnc1Sc1cccs1. The molecule has 0 amide bonds. The fourth-order valence-electron chi connectivity index (χ4n) is 1.19. The molecule has 0 radical (unpaired) electrons. The van der Waals surface area contributed by atoms with E-state index in [1.807, 2.05) is 6.07 Å². The van der Waals surface area contributed by atoms with Crippen LogP contribution in [0.3, 0.4) is 0 Å². The van der Waals surface area contributed by atoms with Crippen molar-refractivity contribution in [2.45, 2.75) is 29.1 Å². The fraction of sp³-hybridized carbons (Fsp3) is 0.273. The molecule has 2 aromatic rings. The average molecular weight is 251 g/mol. The third-order valence-corrected chi connectivity index (χ3v) is 3.81. The van der Waals surface area contributed by atoms with Crippen LogP contribution in [0.1, 0.15) is 13.8 Å². The Morgan fingerprint density at radius 1 is 1.31 bits per heavy atom. The molecule has 3 nitrogen and oxygen atoms in total. The lowest BCUT2D eigenvalue weighted by Crippen LogP contribution is -2.12. The Morgan fingerprint density at radius 2 is 2.12 bits per heavy atom. The standard InChI is InChI=1S/C11H13N3S2/c1-8(2)14-10-11(13-6-5-12-10)16-9-4-3-7-15-9/h3-8H,1-2H3,(H,12,14). The van der Waals surface area contributed by atoms with Crippen LogP contribution in [0.2, 0.25) is 0 Å². The fourth-order valence-corrected chi connectivity index (χ4v) is 2.89. The van der Waals surface area contributed by atoms with Crippen molar-refractivity contribution >= 4 is 28.9 Å². The first-order valence-electron chi connectivity index (χ1n) is 5.04. The summed E-state index contributed by atoms with van der Waals surface area (Å²) in [7, 11) is 0. The second kappa shape index (κ2) is 5.32. The van der Waals surface area contributed by atoms with Crippen molar-refractivity contribution in [2.24, 2.45) is 0 Å². The van der Waals surface area contributed by atoms with Crippen LogP contribution in [0.25, 0.3) is 0 Å². The summed E-state index contributed by atoms with van der Waals surface area (Å²) in [5.41, 5.74) is 0. The number of hydrogen-bond donors (Lipinski definition) is 1. The van der Waals surface area contributed by atoms with Gasteiger partial charge in [-0.1, -0.05) is 17.8 Å². The normalized spacial score (nSPS) is 10.7. The smallest absolute Gasteiger partial charge is 0.159 e. The van der Waals surface area contributed by atoms with Gasteiger partial charge < -0.3 is 5.32 Å². The molecule has 0 fully saturated rings. The van der Waals surface area contributed by atoms with E-state index in [9.17, 15) is 0 Å². The number of nitrogens with zero attached hydrogens (tertiary/aromatic N) is 2. The molecule has 5 heteroatoms. The minimum atomic E-state index is 0.361. The van der Waals surface area contributed by atoms with E-state index in [0.717, 1.165) is 10.8 Å². The van der Waals surface area contributed by atoms with Gasteiger partial charge in [-0.3, -0.25) is 0 Å². The molecule has 2 rings (SSSR count). The van der Waals surface area contributed by atoms with Crippen LogP contribution < -0.4 is 5.32 Å². The molecule has 0 saturated heterocycles. The summed E-state index contributed by atoms with van der Waals surface area (Å²) in [5, 5.41) is 6.29. The molecule has 0 aromatic carbocycles. The van der Waals surface area contributed by atoms with Gasteiger partial charge in [0.05, 0.1) is 4.21 Å². The van der Waals surface area contributed by atoms with Crippen LogP contribution in [0.15, 0.2) is 39.1 Å². The molecule has 2 aromatic heterocycles. The zero-order valence-electron chi connectivity index (χ0n) is 9.18. The third kappa shape index (κ3) is 2.96. The highest BCUT2D eigenvalue weighted by molar-refractivity contribution is 8.01. The summed E-state index contributed by atoms with van der Waals surface area (Å²) >= 11 is 3.36. The molecular formula is C11H13N3S2. The Hall–Kier alpha value is -1.07. The molecule has 1 N–H and O–H groups in total. The summed E-state index contributed by atoms with van der Waals surface area (Å²) < 4.78 is 1.23. The van der Waals surface area contributed by atoms with E-state index in [0.29, 0.717) is 6.04 Å². The summed E-state index contributed by atoms with van der Waals surface area (Å²) in [6.45, 7) is 4.18. The predicted molar refractivity (Wildman–Crippen MR) is 69.2 cm³/mol. The van der Waals surface area contributed by atoms with Crippen LogP contribution >= 0.6 is 23.1 Å². The van der Waals surface area contributed by atoms with Crippen LogP contribution in [0.4, 0.5) is 5.82 Å². The van der Waals surface area contributed by atoms with E-state index in [2.05, 4.69) is 40.6 Å². The monoisotopic (exact) mass is 251 g/mol. The highest BCUT2D eigenvalue weighted by Gasteiger charge is 2.08. The number of aromatic nitrogens is 2. The Balaban J connectivity index is 2.19. The average Bonchev–Trinajstić information content (AvgIpc) is 2.73. The molecule has 0 spiro atoms. The van der Waals surface area contributed by atoms with E-state index in [4.69, 9.17) is 0 Å². The Kier molecular flexibility index (Phi) is 3.79. The van der Waals surface area contributed by atoms with Gasteiger partial charge >= 0.3 is 0 Å². The van der Waals surface area contributed by atoms with E-state index < -0.39 is 0 Å². The maximum absolute atomic E-state index is 4.35. The molecule has 0 unspecified atom stereocenters. The van der Waals surface area contributed by atoms with E-state index >= 15 is 0 Å². The molecule has 0 bridgehead atoms. The zero-order chi connectivity index (χ0) is 11.4. The zero-order valence-corrected chi connectivity index (χ0v) is 10.8. The number of hydrogen-bond acceptors (Lipinski definition) is 5. The van der Waals surface area contributed by atoms with Crippen LogP contribution in [-0.2, 0) is 0 Å². The largest absolute Gasteiger partial charge is 0.366 e. The third-order valence-electron chi connectivity index (χ3n) is 1.78. The molecule has 16 heavy (non-hydrogen) atoms. The lowest BCUT2D eigenvalue weighted by molar-refractivity contribution is 0.870. The maximum atomic E-state index is 4.35. The Bertz CT molecular complexity index is 440. The highest BCUT2D eigenvalue weighted by Crippen LogP contribution is 2.33. The van der Waals surface area contributed by atoms with Crippen LogP contribution in [-0.4, -0.2) is 16.0 Å². The van der Waals surface area contributed by atoms with Gasteiger partial charge in [0.25, 0.3) is 0 Å². The minimum absolute atomic E-state index is 0.361. The molecular weight excluding hydrogens is 238 g/mol. The van der Waals surface area contributed by atoms with Crippen molar-refractivity contribution in [2.75, 3.05) is 5.32 Å². The van der Waals surface area contributed by atoms with Gasteiger partial charge in [0.1, 0.15) is 5.03 Å². The number of thiophene rings is 1. The van der Waals surface area contributed by atoms with Crippen LogP contribution in [0, 0.1) is 0 Å². The summed E-state index contributed by atoms with van der Waals surface area (Å²) in [6, 6.07) is 4.49. The molecule has 0 aliphatic heterocycles. The van der Waals surface area contributed by atoms with Gasteiger partial charge in [0.2, 0.25) is 0 Å². The van der Waals surface area contributed by atoms with E-state index in [1.54, 1.807) is 35.5 Å². The second-order valence-electron chi connectivity index (χ2n) is 3.54. The van der Waals surface area contributed by atoms with Gasteiger partial charge in [-0.25, -0.2) is 9.97 Å². The lowest BCUT2D eigenvalue weighted by Gasteiger charge is -2.11. The second-order valence-corrected chi connectivity index (χ2v) is 5.78. The number of nitrogens with one attached hydrogen (secondary N) is 1. The topological polar surface area (TPSA) is 37.8 Å². The first kappa shape index (κ1) is 11.4. The number of rotatable bonds is 4. The van der Waals surface area contributed by atoms with Gasteiger partial charge in [0, 0.05) is 18.4 Å².